The quantitative estimate of drug-likeness (QED) is 0.834. The second-order valence-electron chi connectivity index (χ2n) is 4.62. The Morgan fingerprint density at radius 1 is 1.19 bits per heavy atom. The van der Waals surface area contributed by atoms with Gasteiger partial charge in [0, 0.05) is 5.02 Å². The van der Waals surface area contributed by atoms with Crippen LogP contribution in [0.2, 0.25) is 5.02 Å². The van der Waals surface area contributed by atoms with Crippen LogP contribution in [0.25, 0.3) is 0 Å². The molecule has 2 nitrogen and oxygen atoms in total. The van der Waals surface area contributed by atoms with Gasteiger partial charge in [-0.3, -0.25) is 0 Å². The van der Waals surface area contributed by atoms with Gasteiger partial charge in [-0.25, -0.2) is 0 Å². The first-order chi connectivity index (χ1) is 7.62. The summed E-state index contributed by atoms with van der Waals surface area (Å²) in [6, 6.07) is 7.09. The standard InChI is InChI=1S/C13H17ClO2/c14-11-6-4-5-10(9-11)12(15)13(16)7-2-1-3-8-13/h4-6,9,12,15-16H,1-3,7-8H2. The third-order valence-corrected chi connectivity index (χ3v) is 3.63. The summed E-state index contributed by atoms with van der Waals surface area (Å²) >= 11 is 5.88. The van der Waals surface area contributed by atoms with Crippen molar-refractivity contribution < 1.29 is 10.2 Å². The predicted octanol–water partition coefficient (Wildman–Crippen LogP) is 3.07. The number of rotatable bonds is 2. The van der Waals surface area contributed by atoms with E-state index in [9.17, 15) is 10.2 Å². The van der Waals surface area contributed by atoms with Crippen molar-refractivity contribution in [2.45, 2.75) is 43.8 Å². The van der Waals surface area contributed by atoms with Gasteiger partial charge in [0.15, 0.2) is 0 Å². The van der Waals surface area contributed by atoms with Gasteiger partial charge in [0.25, 0.3) is 0 Å². The molecule has 0 aromatic heterocycles. The van der Waals surface area contributed by atoms with E-state index in [0.717, 1.165) is 19.3 Å². The SMILES string of the molecule is OC(c1cccc(Cl)c1)C1(O)CCCCC1. The van der Waals surface area contributed by atoms with Crippen LogP contribution in [0.4, 0.5) is 0 Å². The van der Waals surface area contributed by atoms with Crippen LogP contribution in [-0.4, -0.2) is 15.8 Å². The topological polar surface area (TPSA) is 40.5 Å². The molecule has 0 aliphatic heterocycles. The number of aliphatic hydroxyl groups excluding tert-OH is 1. The largest absolute Gasteiger partial charge is 0.387 e. The van der Waals surface area contributed by atoms with Crippen LogP contribution in [0.5, 0.6) is 0 Å². The summed E-state index contributed by atoms with van der Waals surface area (Å²) in [5, 5.41) is 21.2. The number of hydrogen-bond acceptors (Lipinski definition) is 2. The molecule has 1 fully saturated rings. The van der Waals surface area contributed by atoms with Gasteiger partial charge in [-0.1, -0.05) is 43.0 Å². The van der Waals surface area contributed by atoms with Crippen LogP contribution in [0.3, 0.4) is 0 Å². The molecule has 2 rings (SSSR count). The summed E-state index contributed by atoms with van der Waals surface area (Å²) in [7, 11) is 0. The van der Waals surface area contributed by atoms with Crippen LogP contribution in [0.1, 0.15) is 43.8 Å². The second-order valence-corrected chi connectivity index (χ2v) is 5.06. The molecule has 1 aromatic carbocycles. The van der Waals surface area contributed by atoms with Gasteiger partial charge < -0.3 is 10.2 Å². The molecule has 1 aromatic rings. The minimum Gasteiger partial charge on any atom is -0.387 e. The van der Waals surface area contributed by atoms with Crippen molar-refractivity contribution in [1.29, 1.82) is 0 Å². The van der Waals surface area contributed by atoms with Crippen LogP contribution < -0.4 is 0 Å². The summed E-state index contributed by atoms with van der Waals surface area (Å²) in [5.41, 5.74) is -0.264. The average Bonchev–Trinajstić information content (AvgIpc) is 2.29. The van der Waals surface area contributed by atoms with Gasteiger partial charge in [0.05, 0.1) is 5.60 Å². The predicted molar refractivity (Wildman–Crippen MR) is 64.4 cm³/mol. The normalized spacial score (nSPS) is 21.7. The van der Waals surface area contributed by atoms with Crippen molar-refractivity contribution in [1.82, 2.24) is 0 Å². The molecular weight excluding hydrogens is 224 g/mol. The number of hydrogen-bond donors (Lipinski definition) is 2. The summed E-state index contributed by atoms with van der Waals surface area (Å²) in [4.78, 5) is 0. The molecule has 16 heavy (non-hydrogen) atoms. The van der Waals surface area contributed by atoms with E-state index in [4.69, 9.17) is 11.6 Å². The highest BCUT2D eigenvalue weighted by molar-refractivity contribution is 6.30. The van der Waals surface area contributed by atoms with Crippen LogP contribution in [0, 0.1) is 0 Å². The van der Waals surface area contributed by atoms with Gasteiger partial charge >= 0.3 is 0 Å². The molecule has 0 heterocycles. The summed E-state index contributed by atoms with van der Waals surface area (Å²) in [5.74, 6) is 0. The first kappa shape index (κ1) is 11.9. The van der Waals surface area contributed by atoms with Crippen LogP contribution in [0.15, 0.2) is 24.3 Å². The lowest BCUT2D eigenvalue weighted by Gasteiger charge is -2.36. The summed E-state index contributed by atoms with van der Waals surface area (Å²) in [6.07, 6.45) is 3.61. The zero-order valence-electron chi connectivity index (χ0n) is 9.19. The van der Waals surface area contributed by atoms with Crippen molar-refractivity contribution in [2.75, 3.05) is 0 Å². The zero-order valence-corrected chi connectivity index (χ0v) is 9.95. The van der Waals surface area contributed by atoms with Gasteiger partial charge in [-0.05, 0) is 30.5 Å². The second kappa shape index (κ2) is 4.74. The lowest BCUT2D eigenvalue weighted by Crippen LogP contribution is -2.38. The molecule has 0 saturated heterocycles. The average molecular weight is 241 g/mol. The maximum Gasteiger partial charge on any atom is 0.108 e. The smallest absolute Gasteiger partial charge is 0.108 e. The van der Waals surface area contributed by atoms with Crippen molar-refractivity contribution >= 4 is 11.6 Å². The fourth-order valence-electron chi connectivity index (χ4n) is 2.42. The summed E-state index contributed by atoms with van der Waals surface area (Å²) in [6.45, 7) is 0. The lowest BCUT2D eigenvalue weighted by molar-refractivity contribution is -0.0991. The minimum atomic E-state index is -0.969. The molecule has 1 unspecified atom stereocenters. The van der Waals surface area contributed by atoms with Gasteiger partial charge in [-0.2, -0.15) is 0 Å². The van der Waals surface area contributed by atoms with Gasteiger partial charge in [0.2, 0.25) is 0 Å². The van der Waals surface area contributed by atoms with E-state index in [2.05, 4.69) is 0 Å². The molecule has 0 amide bonds. The maximum absolute atomic E-state index is 10.4. The Balaban J connectivity index is 2.20. The number of aliphatic hydroxyl groups is 2. The monoisotopic (exact) mass is 240 g/mol. The Hall–Kier alpha value is -0.570. The molecular formula is C13H17ClO2. The molecule has 1 aliphatic rings. The highest BCUT2D eigenvalue weighted by Crippen LogP contribution is 2.38. The third kappa shape index (κ3) is 2.40. The van der Waals surface area contributed by atoms with E-state index < -0.39 is 11.7 Å². The Labute approximate surface area is 101 Å². The van der Waals surface area contributed by atoms with Crippen LogP contribution in [-0.2, 0) is 0 Å². The maximum atomic E-state index is 10.4. The van der Waals surface area contributed by atoms with Crippen molar-refractivity contribution in [3.63, 3.8) is 0 Å². The van der Waals surface area contributed by atoms with Gasteiger partial charge in [0.1, 0.15) is 6.10 Å². The van der Waals surface area contributed by atoms with E-state index in [-0.39, 0.29) is 0 Å². The van der Waals surface area contributed by atoms with E-state index >= 15 is 0 Å². The Morgan fingerprint density at radius 3 is 2.50 bits per heavy atom. The molecule has 0 bridgehead atoms. The molecule has 0 radical (unpaired) electrons. The van der Waals surface area contributed by atoms with Gasteiger partial charge in [-0.15, -0.1) is 0 Å². The number of benzene rings is 1. The molecule has 0 spiro atoms. The molecule has 1 saturated carbocycles. The lowest BCUT2D eigenvalue weighted by atomic mass is 9.78. The van der Waals surface area contributed by atoms with Crippen molar-refractivity contribution in [3.8, 4) is 0 Å². The van der Waals surface area contributed by atoms with E-state index in [1.807, 2.05) is 6.07 Å². The minimum absolute atomic E-state index is 0.593. The van der Waals surface area contributed by atoms with Crippen molar-refractivity contribution in [3.05, 3.63) is 34.9 Å². The Morgan fingerprint density at radius 2 is 1.88 bits per heavy atom. The molecule has 88 valence electrons. The zero-order chi connectivity index (χ0) is 11.6. The van der Waals surface area contributed by atoms with E-state index in [1.54, 1.807) is 18.2 Å². The Bertz CT molecular complexity index is 359. The molecule has 3 heteroatoms. The highest BCUT2D eigenvalue weighted by atomic mass is 35.5. The highest BCUT2D eigenvalue weighted by Gasteiger charge is 2.37. The van der Waals surface area contributed by atoms with Crippen LogP contribution >= 0.6 is 11.6 Å². The first-order valence-corrected chi connectivity index (χ1v) is 6.15. The third-order valence-electron chi connectivity index (χ3n) is 3.39. The molecule has 1 atom stereocenters. The fourth-order valence-corrected chi connectivity index (χ4v) is 2.62. The first-order valence-electron chi connectivity index (χ1n) is 5.78. The fraction of sp³-hybridized carbons (Fsp3) is 0.538. The van der Waals surface area contributed by atoms with Crippen molar-refractivity contribution in [2.24, 2.45) is 0 Å². The molecule has 1 aliphatic carbocycles. The van der Waals surface area contributed by atoms with E-state index in [1.165, 1.54) is 0 Å². The molecule has 2 N–H and O–H groups in total. The Kier molecular flexibility index (Phi) is 3.53. The summed E-state index contributed by atoms with van der Waals surface area (Å²) < 4.78 is 0. The van der Waals surface area contributed by atoms with E-state index in [0.29, 0.717) is 23.4 Å². The number of halogens is 1.